The van der Waals surface area contributed by atoms with Crippen molar-refractivity contribution in [3.05, 3.63) is 34.4 Å². The van der Waals surface area contributed by atoms with E-state index in [-0.39, 0.29) is 36.5 Å². The first kappa shape index (κ1) is 17.7. The summed E-state index contributed by atoms with van der Waals surface area (Å²) >= 11 is 0. The molecule has 1 radical (unpaired) electrons. The third kappa shape index (κ3) is 4.07. The van der Waals surface area contributed by atoms with Crippen molar-refractivity contribution in [2.45, 2.75) is 27.7 Å². The van der Waals surface area contributed by atoms with Gasteiger partial charge in [0.15, 0.2) is 0 Å². The summed E-state index contributed by atoms with van der Waals surface area (Å²) < 4.78 is 14.7. The molecule has 1 aromatic carbocycles. The van der Waals surface area contributed by atoms with Gasteiger partial charge in [-0.05, 0) is 39.3 Å². The van der Waals surface area contributed by atoms with E-state index in [2.05, 4.69) is 6.07 Å². The van der Waals surface area contributed by atoms with Crippen LogP contribution in [0.2, 0.25) is 0 Å². The van der Waals surface area contributed by atoms with E-state index in [9.17, 15) is 14.4 Å². The highest BCUT2D eigenvalue weighted by Gasteiger charge is 2.22. The van der Waals surface area contributed by atoms with Crippen LogP contribution in [0.3, 0.4) is 0 Å². The van der Waals surface area contributed by atoms with Gasteiger partial charge in [-0.2, -0.15) is 0 Å². The molecule has 0 saturated carbocycles. The van der Waals surface area contributed by atoms with Crippen LogP contribution in [0.15, 0.2) is 6.07 Å². The summed E-state index contributed by atoms with van der Waals surface area (Å²) in [5.41, 5.74) is 0.477. The molecule has 0 aliphatic carbocycles. The largest absolute Gasteiger partial charge is 0.462 e. The van der Waals surface area contributed by atoms with Gasteiger partial charge < -0.3 is 14.2 Å². The van der Waals surface area contributed by atoms with Crippen molar-refractivity contribution in [3.8, 4) is 0 Å². The number of carbonyl (C=O) groups excluding carboxylic acids is 3. The van der Waals surface area contributed by atoms with Gasteiger partial charge in [0, 0.05) is 6.07 Å². The van der Waals surface area contributed by atoms with Gasteiger partial charge in [0.05, 0.1) is 36.5 Å². The van der Waals surface area contributed by atoms with Crippen molar-refractivity contribution in [2.75, 3.05) is 19.8 Å². The third-order valence-corrected chi connectivity index (χ3v) is 2.80. The molecule has 0 aliphatic heterocycles. The molecule has 6 nitrogen and oxygen atoms in total. The standard InChI is InChI=1S/C16H19O6/c1-5-20-14(17)11-8-12(15(18)21-6-2)10(4)13(9-11)16(19)22-7-3/h8H,5-7H2,1-4H3. The van der Waals surface area contributed by atoms with E-state index in [1.54, 1.807) is 27.7 Å². The lowest BCUT2D eigenvalue weighted by Crippen LogP contribution is -2.16. The first-order valence-electron chi connectivity index (χ1n) is 7.04. The van der Waals surface area contributed by atoms with Crippen molar-refractivity contribution in [1.29, 1.82) is 0 Å². The summed E-state index contributed by atoms with van der Waals surface area (Å²) in [5.74, 6) is -1.94. The molecule has 0 spiro atoms. The predicted octanol–water partition coefficient (Wildman–Crippen LogP) is 2.33. The maximum atomic E-state index is 12.0. The zero-order chi connectivity index (χ0) is 16.7. The van der Waals surface area contributed by atoms with Crippen LogP contribution in [0.25, 0.3) is 0 Å². The van der Waals surface area contributed by atoms with Crippen LogP contribution < -0.4 is 0 Å². The molecular formula is C16H19O6. The Bertz CT molecular complexity index is 537. The molecule has 0 saturated heterocycles. The molecule has 0 aliphatic rings. The van der Waals surface area contributed by atoms with E-state index < -0.39 is 17.9 Å². The van der Waals surface area contributed by atoms with Crippen LogP contribution >= 0.6 is 0 Å². The zero-order valence-corrected chi connectivity index (χ0v) is 13.1. The average molecular weight is 307 g/mol. The molecule has 0 N–H and O–H groups in total. The second kappa shape index (κ2) is 8.17. The van der Waals surface area contributed by atoms with Gasteiger partial charge in [-0.15, -0.1) is 0 Å². The molecule has 0 unspecified atom stereocenters. The van der Waals surface area contributed by atoms with Gasteiger partial charge in [0.1, 0.15) is 0 Å². The van der Waals surface area contributed by atoms with Crippen LogP contribution in [0.1, 0.15) is 57.4 Å². The molecule has 119 valence electrons. The van der Waals surface area contributed by atoms with Gasteiger partial charge >= 0.3 is 17.9 Å². The molecule has 22 heavy (non-hydrogen) atoms. The molecule has 0 bridgehead atoms. The second-order valence-electron chi connectivity index (χ2n) is 4.26. The summed E-state index contributed by atoms with van der Waals surface area (Å²) in [7, 11) is 0. The first-order chi connectivity index (χ1) is 10.5. The number of hydrogen-bond donors (Lipinski definition) is 0. The molecule has 0 aromatic heterocycles. The Morgan fingerprint density at radius 2 is 1.41 bits per heavy atom. The van der Waals surface area contributed by atoms with E-state index in [0.29, 0.717) is 5.56 Å². The van der Waals surface area contributed by atoms with E-state index in [1.807, 2.05) is 0 Å². The third-order valence-electron chi connectivity index (χ3n) is 2.80. The highest BCUT2D eigenvalue weighted by Crippen LogP contribution is 2.19. The lowest BCUT2D eigenvalue weighted by atomic mass is 9.98. The maximum absolute atomic E-state index is 12.0. The fourth-order valence-corrected chi connectivity index (χ4v) is 1.80. The minimum Gasteiger partial charge on any atom is -0.462 e. The molecule has 1 aromatic rings. The maximum Gasteiger partial charge on any atom is 0.339 e. The van der Waals surface area contributed by atoms with Crippen LogP contribution in [0.4, 0.5) is 0 Å². The number of rotatable bonds is 6. The zero-order valence-electron chi connectivity index (χ0n) is 13.1. The Morgan fingerprint density at radius 3 is 1.95 bits per heavy atom. The minimum absolute atomic E-state index is 0.0152. The molecule has 0 atom stereocenters. The van der Waals surface area contributed by atoms with Crippen molar-refractivity contribution in [2.24, 2.45) is 0 Å². The smallest absolute Gasteiger partial charge is 0.339 e. The van der Waals surface area contributed by atoms with Gasteiger partial charge in [-0.25, -0.2) is 14.4 Å². The van der Waals surface area contributed by atoms with Crippen LogP contribution in [-0.4, -0.2) is 37.7 Å². The summed E-state index contributed by atoms with van der Waals surface area (Å²) in [6, 6.07) is 3.98. The quantitative estimate of drug-likeness (QED) is 0.593. The Labute approximate surface area is 129 Å². The number of carbonyl (C=O) groups is 3. The monoisotopic (exact) mass is 307 g/mol. The Balaban J connectivity index is 3.39. The van der Waals surface area contributed by atoms with Crippen molar-refractivity contribution in [3.63, 3.8) is 0 Å². The van der Waals surface area contributed by atoms with Crippen LogP contribution in [0.5, 0.6) is 0 Å². The Kier molecular flexibility index (Phi) is 6.56. The summed E-state index contributed by atoms with van der Waals surface area (Å²) in [5, 5.41) is 0. The van der Waals surface area contributed by atoms with E-state index in [1.165, 1.54) is 6.07 Å². The summed E-state index contributed by atoms with van der Waals surface area (Å²) in [6.45, 7) is 7.08. The Morgan fingerprint density at radius 1 is 0.909 bits per heavy atom. The van der Waals surface area contributed by atoms with Crippen LogP contribution in [0, 0.1) is 13.0 Å². The van der Waals surface area contributed by atoms with Crippen molar-refractivity contribution < 1.29 is 28.6 Å². The number of esters is 3. The SMILES string of the molecule is CCOC(=O)c1[c]c(C(=O)OCC)c(C)c(C(=O)OCC)c1. The highest BCUT2D eigenvalue weighted by atomic mass is 16.5. The fourth-order valence-electron chi connectivity index (χ4n) is 1.80. The van der Waals surface area contributed by atoms with Gasteiger partial charge in [0.25, 0.3) is 0 Å². The van der Waals surface area contributed by atoms with E-state index in [0.717, 1.165) is 0 Å². The molecule has 0 heterocycles. The van der Waals surface area contributed by atoms with Gasteiger partial charge in [0.2, 0.25) is 0 Å². The van der Waals surface area contributed by atoms with Gasteiger partial charge in [-0.1, -0.05) is 0 Å². The minimum atomic E-state index is -0.668. The number of benzene rings is 1. The van der Waals surface area contributed by atoms with Crippen LogP contribution in [-0.2, 0) is 14.2 Å². The topological polar surface area (TPSA) is 78.9 Å². The van der Waals surface area contributed by atoms with Gasteiger partial charge in [-0.3, -0.25) is 0 Å². The number of hydrogen-bond acceptors (Lipinski definition) is 6. The molecular weight excluding hydrogens is 288 g/mol. The summed E-state index contributed by atoms with van der Waals surface area (Å²) in [6.07, 6.45) is 0. The number of ether oxygens (including phenoxy) is 3. The molecule has 6 heteroatoms. The fraction of sp³-hybridized carbons (Fsp3) is 0.438. The second-order valence-corrected chi connectivity index (χ2v) is 4.26. The lowest BCUT2D eigenvalue weighted by Gasteiger charge is -2.12. The normalized spacial score (nSPS) is 10.0. The van der Waals surface area contributed by atoms with Crippen molar-refractivity contribution in [1.82, 2.24) is 0 Å². The molecule has 0 fully saturated rings. The lowest BCUT2D eigenvalue weighted by molar-refractivity contribution is 0.0522. The van der Waals surface area contributed by atoms with E-state index in [4.69, 9.17) is 14.2 Å². The molecule has 1 rings (SSSR count). The molecule has 0 amide bonds. The summed E-state index contributed by atoms with van der Waals surface area (Å²) in [4.78, 5) is 35.8. The average Bonchev–Trinajstić information content (AvgIpc) is 2.48. The first-order valence-corrected chi connectivity index (χ1v) is 7.04. The van der Waals surface area contributed by atoms with Crippen molar-refractivity contribution >= 4 is 17.9 Å². The predicted molar refractivity (Wildman–Crippen MR) is 77.9 cm³/mol. The Hall–Kier alpha value is -2.37. The highest BCUT2D eigenvalue weighted by molar-refractivity contribution is 6.02. The van der Waals surface area contributed by atoms with E-state index >= 15 is 0 Å².